The van der Waals surface area contributed by atoms with Crippen molar-refractivity contribution in [3.05, 3.63) is 0 Å². The number of carbonyl (C=O) groups is 2. The maximum absolute atomic E-state index is 10.2. The van der Waals surface area contributed by atoms with Crippen LogP contribution in [0.4, 0.5) is 0 Å². The van der Waals surface area contributed by atoms with Crippen molar-refractivity contribution in [3.8, 4) is 0 Å². The lowest BCUT2D eigenvalue weighted by Crippen LogP contribution is -2.32. The number of aliphatic hydroxyl groups excluding tert-OH is 8. The van der Waals surface area contributed by atoms with Crippen molar-refractivity contribution in [3.63, 3.8) is 0 Å². The quantitative estimate of drug-likeness (QED) is 0.173. The van der Waals surface area contributed by atoms with E-state index >= 15 is 0 Å². The van der Waals surface area contributed by atoms with Crippen molar-refractivity contribution in [1.82, 2.24) is 5.32 Å². The second-order valence-corrected chi connectivity index (χ2v) is 5.48. The minimum atomic E-state index is -0.950. The highest BCUT2D eigenvalue weighted by Gasteiger charge is 2.02. The van der Waals surface area contributed by atoms with Gasteiger partial charge in [-0.2, -0.15) is 0 Å². The van der Waals surface area contributed by atoms with Crippen molar-refractivity contribution >= 4 is 11.9 Å². The van der Waals surface area contributed by atoms with Gasteiger partial charge in [-0.15, -0.1) is 0 Å². The summed E-state index contributed by atoms with van der Waals surface area (Å²) in [7, 11) is 0. The van der Waals surface area contributed by atoms with Gasteiger partial charge in [-0.05, 0) is 13.8 Å². The Morgan fingerprint density at radius 1 is 0.786 bits per heavy atom. The highest BCUT2D eigenvalue weighted by molar-refractivity contribution is 5.72. The van der Waals surface area contributed by atoms with Crippen LogP contribution in [0, 0.1) is 0 Å². The normalized spacial score (nSPS) is 13.6. The fourth-order valence-corrected chi connectivity index (χ4v) is 0.592. The lowest BCUT2D eigenvalue weighted by Gasteiger charge is -2.05. The van der Waals surface area contributed by atoms with Crippen LogP contribution in [0.25, 0.3) is 0 Å². The van der Waals surface area contributed by atoms with Crippen LogP contribution in [0.1, 0.15) is 27.7 Å². The van der Waals surface area contributed by atoms with Gasteiger partial charge in [-0.25, -0.2) is 0 Å². The van der Waals surface area contributed by atoms with Crippen molar-refractivity contribution < 1.29 is 55.2 Å². The van der Waals surface area contributed by atoms with Crippen LogP contribution >= 0.6 is 0 Å². The van der Waals surface area contributed by atoms with Gasteiger partial charge in [-0.1, -0.05) is 0 Å². The first-order chi connectivity index (χ1) is 12.9. The predicted octanol–water partition coefficient (Wildman–Crippen LogP) is -3.90. The molecule has 0 heterocycles. The predicted molar refractivity (Wildman–Crippen MR) is 99.0 cm³/mol. The molecule has 0 aliphatic carbocycles. The van der Waals surface area contributed by atoms with Crippen molar-refractivity contribution in [1.29, 1.82) is 0 Å². The van der Waals surface area contributed by atoms with Crippen molar-refractivity contribution in [2.45, 2.75) is 52.1 Å². The highest BCUT2D eigenvalue weighted by Crippen LogP contribution is 1.83. The molecule has 0 aliphatic heterocycles. The van der Waals surface area contributed by atoms with Gasteiger partial charge in [0.05, 0.1) is 44.7 Å². The summed E-state index contributed by atoms with van der Waals surface area (Å²) in [5, 5.41) is 68.0. The summed E-state index contributed by atoms with van der Waals surface area (Å²) in [4.78, 5) is 20.2. The Balaban J connectivity index is -0.000000143. The minimum Gasteiger partial charge on any atom is -0.463 e. The Bertz CT molecular complexity index is 309. The Hall–Kier alpha value is -1.38. The first-order valence-electron chi connectivity index (χ1n) is 8.41. The fraction of sp³-hybridized carbons (Fsp3) is 0.875. The van der Waals surface area contributed by atoms with Gasteiger partial charge in [0.25, 0.3) is 0 Å². The van der Waals surface area contributed by atoms with E-state index in [0.29, 0.717) is 0 Å². The molecule has 9 N–H and O–H groups in total. The van der Waals surface area contributed by atoms with Gasteiger partial charge < -0.3 is 50.9 Å². The van der Waals surface area contributed by atoms with E-state index in [-0.39, 0.29) is 45.5 Å². The number of rotatable bonds is 8. The topological polar surface area (TPSA) is 217 Å². The van der Waals surface area contributed by atoms with Gasteiger partial charge in [0.15, 0.2) is 0 Å². The molecule has 0 saturated carbocycles. The number of carbonyl (C=O) groups excluding carboxylic acids is 2. The zero-order valence-corrected chi connectivity index (χ0v) is 16.9. The first kappa shape index (κ1) is 34.1. The summed E-state index contributed by atoms with van der Waals surface area (Å²) in [6.45, 7) is 4.65. The molecule has 4 atom stereocenters. The van der Waals surface area contributed by atoms with E-state index in [1.165, 1.54) is 27.7 Å². The Labute approximate surface area is 165 Å². The number of amides is 1. The van der Waals surface area contributed by atoms with Crippen LogP contribution in [0.5, 0.6) is 0 Å². The van der Waals surface area contributed by atoms with Crippen LogP contribution in [-0.4, -0.2) is 117 Å². The SMILES string of the molecule is CC(=O)NCC(O)CO.CC(=O)OCC(O)CO.CC(O)CO.CC(O)CO. The number of esters is 1. The summed E-state index contributed by atoms with van der Waals surface area (Å²) >= 11 is 0. The summed E-state index contributed by atoms with van der Waals surface area (Å²) in [5.74, 6) is -0.662. The number of ether oxygens (including phenoxy) is 1. The zero-order chi connectivity index (χ0) is 23.1. The van der Waals surface area contributed by atoms with Gasteiger partial charge >= 0.3 is 5.97 Å². The molecule has 0 aromatic heterocycles. The summed E-state index contributed by atoms with van der Waals surface area (Å²) in [6, 6.07) is 0. The van der Waals surface area contributed by atoms with E-state index in [4.69, 9.17) is 40.9 Å². The van der Waals surface area contributed by atoms with Gasteiger partial charge in [0.1, 0.15) is 12.7 Å². The lowest BCUT2D eigenvalue weighted by atomic mass is 10.4. The van der Waals surface area contributed by atoms with E-state index in [1.807, 2.05) is 0 Å². The third kappa shape index (κ3) is 49.7. The van der Waals surface area contributed by atoms with Crippen molar-refractivity contribution in [2.75, 3.05) is 39.6 Å². The molecular formula is C16H37NO11. The molecule has 0 radical (unpaired) electrons. The van der Waals surface area contributed by atoms with E-state index in [9.17, 15) is 9.59 Å². The third-order valence-electron chi connectivity index (χ3n) is 2.02. The minimum absolute atomic E-state index is 0.117. The monoisotopic (exact) mass is 419 g/mol. The molecule has 12 nitrogen and oxygen atoms in total. The Kier molecular flexibility index (Phi) is 31.2. The molecule has 0 bridgehead atoms. The second kappa shape index (κ2) is 25.6. The first-order valence-corrected chi connectivity index (χ1v) is 8.41. The van der Waals surface area contributed by atoms with Gasteiger partial charge in [0, 0.05) is 20.4 Å². The molecule has 0 spiro atoms. The highest BCUT2D eigenvalue weighted by atomic mass is 16.5. The maximum Gasteiger partial charge on any atom is 0.302 e. The average molecular weight is 419 g/mol. The molecule has 0 saturated heterocycles. The second-order valence-electron chi connectivity index (χ2n) is 5.48. The van der Waals surface area contributed by atoms with E-state index < -0.39 is 30.4 Å². The molecule has 0 fully saturated rings. The molecular weight excluding hydrogens is 382 g/mol. The fourth-order valence-electron chi connectivity index (χ4n) is 0.592. The summed E-state index contributed by atoms with van der Waals surface area (Å²) < 4.78 is 4.35. The standard InChI is InChI=1S/C5H11NO3.C5H10O4.2C3H8O2/c1-4(8)6-2-5(9)3-7;1-4(7)9-3-5(8)2-6;2*1-3(5)2-4/h5,7,9H,2-3H2,1H3,(H,6,8);5-6,8H,2-3H2,1H3;2*3-5H,2H2,1H3. The molecule has 0 aromatic carbocycles. The summed E-state index contributed by atoms with van der Waals surface area (Å²) in [5.41, 5.74) is 0. The average Bonchev–Trinajstić information content (AvgIpc) is 2.65. The van der Waals surface area contributed by atoms with E-state index in [0.717, 1.165) is 0 Å². The largest absolute Gasteiger partial charge is 0.463 e. The number of hydrogen-bond acceptors (Lipinski definition) is 11. The Morgan fingerprint density at radius 2 is 1.14 bits per heavy atom. The zero-order valence-electron chi connectivity index (χ0n) is 16.9. The van der Waals surface area contributed by atoms with Crippen LogP contribution in [0.15, 0.2) is 0 Å². The number of hydrogen-bond donors (Lipinski definition) is 9. The Morgan fingerprint density at radius 3 is 1.36 bits per heavy atom. The van der Waals surface area contributed by atoms with Crippen LogP contribution in [0.3, 0.4) is 0 Å². The number of nitrogens with one attached hydrogen (secondary N) is 1. The molecule has 4 unspecified atom stereocenters. The van der Waals surface area contributed by atoms with Crippen LogP contribution < -0.4 is 5.32 Å². The molecule has 0 aromatic rings. The van der Waals surface area contributed by atoms with Crippen molar-refractivity contribution in [2.24, 2.45) is 0 Å². The smallest absolute Gasteiger partial charge is 0.302 e. The molecule has 12 heteroatoms. The summed E-state index contributed by atoms with van der Waals surface area (Å²) in [6.07, 6.45) is -2.91. The lowest BCUT2D eigenvalue weighted by molar-refractivity contribution is -0.144. The molecule has 0 rings (SSSR count). The maximum atomic E-state index is 10.2. The third-order valence-corrected chi connectivity index (χ3v) is 2.02. The molecule has 28 heavy (non-hydrogen) atoms. The molecule has 172 valence electrons. The van der Waals surface area contributed by atoms with E-state index in [2.05, 4.69) is 10.1 Å². The van der Waals surface area contributed by atoms with Gasteiger partial charge in [0.2, 0.25) is 5.91 Å². The van der Waals surface area contributed by atoms with E-state index in [1.54, 1.807) is 0 Å². The number of aliphatic hydroxyl groups is 8. The molecule has 0 aliphatic rings. The molecule has 1 amide bonds. The van der Waals surface area contributed by atoms with Crippen LogP contribution in [0.2, 0.25) is 0 Å². The van der Waals surface area contributed by atoms with Crippen LogP contribution in [-0.2, 0) is 14.3 Å². The van der Waals surface area contributed by atoms with Gasteiger partial charge in [-0.3, -0.25) is 9.59 Å².